The van der Waals surface area contributed by atoms with Gasteiger partial charge in [0.05, 0.1) is 11.6 Å². The Kier molecular flexibility index (Phi) is 5.66. The van der Waals surface area contributed by atoms with Gasteiger partial charge in [-0.2, -0.15) is 5.26 Å². The molecule has 3 aromatic rings. The Morgan fingerprint density at radius 3 is 1.55 bits per heavy atom. The van der Waals surface area contributed by atoms with Gasteiger partial charge in [-0.05, 0) is 65.9 Å². The van der Waals surface area contributed by atoms with Crippen LogP contribution >= 0.6 is 0 Å². The highest BCUT2D eigenvalue weighted by Gasteiger charge is 2.24. The summed E-state index contributed by atoms with van der Waals surface area (Å²) in [4.78, 5) is 23.3. The van der Waals surface area contributed by atoms with E-state index in [2.05, 4.69) is 0 Å². The van der Waals surface area contributed by atoms with E-state index < -0.39 is 17.9 Å². The molecule has 0 aromatic heterocycles. The number of hydrogen-bond acceptors (Lipinski definition) is 5. The molecule has 3 rings (SSSR count). The minimum Gasteiger partial charge on any atom is -0.507 e. The van der Waals surface area contributed by atoms with Crippen LogP contribution in [0.25, 0.3) is 0 Å². The predicted molar refractivity (Wildman–Crippen MR) is 112 cm³/mol. The summed E-state index contributed by atoms with van der Waals surface area (Å²) in [5, 5.41) is 48.4. The van der Waals surface area contributed by atoms with E-state index in [9.17, 15) is 30.0 Å². The fourth-order valence-corrected chi connectivity index (χ4v) is 3.60. The minimum atomic E-state index is -1.30. The minimum absolute atomic E-state index is 0.275. The molecule has 0 amide bonds. The zero-order valence-corrected chi connectivity index (χ0v) is 16.7. The number of aromatic carboxylic acids is 2. The Morgan fingerprint density at radius 1 is 0.774 bits per heavy atom. The molecule has 0 spiro atoms. The van der Waals surface area contributed by atoms with E-state index in [1.54, 1.807) is 50.2 Å². The number of nitrogens with zero attached hydrogens (tertiary/aromatic N) is 1. The maximum absolute atomic E-state index is 11.6. The van der Waals surface area contributed by atoms with Gasteiger partial charge in [-0.25, -0.2) is 9.59 Å². The number of phenols is 2. The number of carboxylic acid groups (broad SMARTS) is 2. The normalized spacial score (nSPS) is 10.6. The van der Waals surface area contributed by atoms with Gasteiger partial charge in [-0.1, -0.05) is 24.3 Å². The molecule has 0 bridgehead atoms. The zero-order chi connectivity index (χ0) is 22.9. The van der Waals surface area contributed by atoms with E-state index in [1.165, 1.54) is 12.1 Å². The number of rotatable bonds is 5. The number of benzene rings is 3. The van der Waals surface area contributed by atoms with Gasteiger partial charge in [-0.3, -0.25) is 0 Å². The number of nitriles is 1. The maximum Gasteiger partial charge on any atom is 0.339 e. The lowest BCUT2D eigenvalue weighted by atomic mass is 9.82. The van der Waals surface area contributed by atoms with Gasteiger partial charge in [0.2, 0.25) is 0 Å². The average molecular weight is 417 g/mol. The summed E-state index contributed by atoms with van der Waals surface area (Å²) in [5.41, 5.74) is 2.29. The monoisotopic (exact) mass is 417 g/mol. The van der Waals surface area contributed by atoms with E-state index in [0.717, 1.165) is 0 Å². The summed E-state index contributed by atoms with van der Waals surface area (Å²) in [6, 6.07) is 14.6. The van der Waals surface area contributed by atoms with Crippen molar-refractivity contribution in [1.29, 1.82) is 5.26 Å². The molecule has 4 N–H and O–H groups in total. The molecular formula is C24H19NO6. The van der Waals surface area contributed by atoms with Crippen molar-refractivity contribution in [2.24, 2.45) is 0 Å². The van der Waals surface area contributed by atoms with Crippen molar-refractivity contribution in [2.45, 2.75) is 19.8 Å². The molecule has 3 aromatic carbocycles. The summed E-state index contributed by atoms with van der Waals surface area (Å²) in [6.45, 7) is 3.15. The lowest BCUT2D eigenvalue weighted by molar-refractivity contribution is 0.0682. The average Bonchev–Trinajstić information content (AvgIpc) is 2.73. The van der Waals surface area contributed by atoms with Crippen molar-refractivity contribution in [3.8, 4) is 17.6 Å². The van der Waals surface area contributed by atoms with Crippen LogP contribution in [0.3, 0.4) is 0 Å². The van der Waals surface area contributed by atoms with Gasteiger partial charge >= 0.3 is 11.9 Å². The van der Waals surface area contributed by atoms with Crippen molar-refractivity contribution >= 4 is 11.9 Å². The molecule has 0 saturated heterocycles. The third kappa shape index (κ3) is 4.05. The van der Waals surface area contributed by atoms with E-state index in [4.69, 9.17) is 5.26 Å². The van der Waals surface area contributed by atoms with Crippen LogP contribution in [-0.2, 0) is 0 Å². The molecular weight excluding hydrogens is 398 g/mol. The molecule has 7 heteroatoms. The standard InChI is InChI=1S/C24H19NO6/c1-12-7-16(9-18(21(12)26)23(28)29)20(15-5-3-14(11-25)4-6-15)17-8-13(2)22(27)19(10-17)24(30)31/h3-10,20,26-27H,1-2H3,(H,28,29)(H,30,31). The fraction of sp³-hybridized carbons (Fsp3) is 0.125. The Labute approximate surface area is 178 Å². The van der Waals surface area contributed by atoms with Crippen molar-refractivity contribution in [3.63, 3.8) is 0 Å². The van der Waals surface area contributed by atoms with Crippen LogP contribution in [0.1, 0.15) is 60.0 Å². The van der Waals surface area contributed by atoms with Crippen molar-refractivity contribution < 1.29 is 30.0 Å². The second-order valence-corrected chi connectivity index (χ2v) is 7.25. The highest BCUT2D eigenvalue weighted by atomic mass is 16.4. The highest BCUT2D eigenvalue weighted by Crippen LogP contribution is 2.38. The van der Waals surface area contributed by atoms with E-state index in [-0.39, 0.29) is 22.6 Å². The summed E-state index contributed by atoms with van der Waals surface area (Å²) in [7, 11) is 0. The largest absolute Gasteiger partial charge is 0.507 e. The summed E-state index contributed by atoms with van der Waals surface area (Å²) >= 11 is 0. The number of carbonyl (C=O) groups is 2. The SMILES string of the molecule is Cc1cc(C(c2ccc(C#N)cc2)c2cc(C)c(O)c(C(=O)O)c2)cc(C(=O)O)c1O. The zero-order valence-electron chi connectivity index (χ0n) is 16.7. The van der Waals surface area contributed by atoms with Gasteiger partial charge in [0.15, 0.2) is 0 Å². The maximum atomic E-state index is 11.6. The molecule has 0 atom stereocenters. The van der Waals surface area contributed by atoms with Crippen LogP contribution in [-0.4, -0.2) is 32.4 Å². The molecule has 0 aliphatic carbocycles. The lowest BCUT2D eigenvalue weighted by Crippen LogP contribution is -2.09. The molecule has 0 unspecified atom stereocenters. The molecule has 0 heterocycles. The first-order chi connectivity index (χ1) is 14.6. The van der Waals surface area contributed by atoms with Crippen LogP contribution in [0.5, 0.6) is 11.5 Å². The molecule has 0 radical (unpaired) electrons. The third-order valence-electron chi connectivity index (χ3n) is 5.15. The number of aromatic hydroxyl groups is 2. The molecule has 7 nitrogen and oxygen atoms in total. The van der Waals surface area contributed by atoms with Gasteiger partial charge in [0.1, 0.15) is 22.6 Å². The molecule has 0 aliphatic heterocycles. The summed E-state index contributed by atoms with van der Waals surface area (Å²) in [6.07, 6.45) is 0. The Morgan fingerprint density at radius 2 is 1.19 bits per heavy atom. The lowest BCUT2D eigenvalue weighted by Gasteiger charge is -2.22. The van der Waals surface area contributed by atoms with E-state index >= 15 is 0 Å². The van der Waals surface area contributed by atoms with Crippen molar-refractivity contribution in [2.75, 3.05) is 0 Å². The quantitative estimate of drug-likeness (QED) is 0.457. The summed E-state index contributed by atoms with van der Waals surface area (Å²) < 4.78 is 0. The van der Waals surface area contributed by atoms with Crippen molar-refractivity contribution in [1.82, 2.24) is 0 Å². The second kappa shape index (κ2) is 8.20. The predicted octanol–water partition coefficient (Wildman–Crippen LogP) is 4.16. The molecule has 0 aliphatic rings. The van der Waals surface area contributed by atoms with Crippen LogP contribution in [0, 0.1) is 25.2 Å². The first-order valence-corrected chi connectivity index (χ1v) is 9.27. The molecule has 0 saturated carbocycles. The fourth-order valence-electron chi connectivity index (χ4n) is 3.60. The van der Waals surface area contributed by atoms with Gasteiger partial charge < -0.3 is 20.4 Å². The van der Waals surface area contributed by atoms with Crippen molar-refractivity contribution in [3.05, 3.63) is 93.0 Å². The molecule has 156 valence electrons. The van der Waals surface area contributed by atoms with Gasteiger partial charge in [0, 0.05) is 5.92 Å². The topological polar surface area (TPSA) is 139 Å². The smallest absolute Gasteiger partial charge is 0.339 e. The van der Waals surface area contributed by atoms with E-state index in [1.807, 2.05) is 6.07 Å². The second-order valence-electron chi connectivity index (χ2n) is 7.25. The van der Waals surface area contributed by atoms with Gasteiger partial charge in [0.25, 0.3) is 0 Å². The Bertz CT molecular complexity index is 1170. The molecule has 31 heavy (non-hydrogen) atoms. The Hall–Kier alpha value is -4.31. The van der Waals surface area contributed by atoms with Crippen LogP contribution in [0.2, 0.25) is 0 Å². The van der Waals surface area contributed by atoms with Gasteiger partial charge in [-0.15, -0.1) is 0 Å². The third-order valence-corrected chi connectivity index (χ3v) is 5.15. The first kappa shape index (κ1) is 21.4. The summed E-state index contributed by atoms with van der Waals surface area (Å²) in [5.74, 6) is -3.89. The number of hydrogen-bond donors (Lipinski definition) is 4. The Balaban J connectivity index is 2.33. The first-order valence-electron chi connectivity index (χ1n) is 9.27. The highest BCUT2D eigenvalue weighted by molar-refractivity contribution is 5.92. The molecule has 0 fully saturated rings. The van der Waals surface area contributed by atoms with E-state index in [0.29, 0.717) is 33.4 Å². The van der Waals surface area contributed by atoms with Crippen LogP contribution in [0.4, 0.5) is 0 Å². The van der Waals surface area contributed by atoms with Crippen LogP contribution in [0.15, 0.2) is 48.5 Å². The number of carboxylic acids is 2. The van der Waals surface area contributed by atoms with Crippen LogP contribution < -0.4 is 0 Å². The number of aryl methyl sites for hydroxylation is 2.